The Morgan fingerprint density at radius 3 is 2.00 bits per heavy atom. The average Bonchev–Trinajstić information content (AvgIpc) is 2.60. The fraction of sp³-hybridized carbons (Fsp3) is 0. The summed E-state index contributed by atoms with van der Waals surface area (Å²) in [5, 5.41) is 11.5. The Kier molecular flexibility index (Phi) is 4.85. The Balaban J connectivity index is 2.30. The van der Waals surface area contributed by atoms with Crippen LogP contribution in [0, 0.1) is 0 Å². The summed E-state index contributed by atoms with van der Waals surface area (Å²) < 4.78 is 65.8. The van der Waals surface area contributed by atoms with Crippen LogP contribution in [0.3, 0.4) is 0 Å². The Morgan fingerprint density at radius 2 is 1.43 bits per heavy atom. The summed E-state index contributed by atoms with van der Waals surface area (Å²) in [4.78, 5) is 10.8. The summed E-state index contributed by atoms with van der Waals surface area (Å²) in [5.41, 5.74) is 0.0615. The molecule has 4 N–H and O–H groups in total. The van der Waals surface area contributed by atoms with Crippen LogP contribution >= 0.6 is 0 Å². The van der Waals surface area contributed by atoms with E-state index in [0.29, 0.717) is 0 Å². The predicted octanol–water partition coefficient (Wildman–Crippen LogP) is 2.29. The highest BCUT2D eigenvalue weighted by atomic mass is 32.2. The van der Waals surface area contributed by atoms with Crippen LogP contribution in [-0.2, 0) is 20.2 Å². The second kappa shape index (κ2) is 6.87. The molecule has 0 unspecified atom stereocenters. The normalized spacial score (nSPS) is 12.1. The van der Waals surface area contributed by atoms with Crippen molar-refractivity contribution < 1.29 is 35.8 Å². The number of benzene rings is 3. The smallest absolute Gasteiger partial charge is 0.295 e. The molecule has 0 atom stereocenters. The van der Waals surface area contributed by atoms with Crippen molar-refractivity contribution in [3.8, 4) is 5.75 Å². The average molecular weight is 423 g/mol. The van der Waals surface area contributed by atoms with Crippen molar-refractivity contribution in [2.45, 2.75) is 9.79 Å². The van der Waals surface area contributed by atoms with E-state index in [1.165, 1.54) is 12.1 Å². The summed E-state index contributed by atoms with van der Waals surface area (Å²) in [7, 11) is -9.73. The van der Waals surface area contributed by atoms with Crippen molar-refractivity contribution >= 4 is 42.6 Å². The van der Waals surface area contributed by atoms with Crippen LogP contribution in [0.25, 0.3) is 10.8 Å². The Morgan fingerprint density at radius 1 is 0.821 bits per heavy atom. The molecule has 3 aromatic carbocycles. The molecule has 9 nitrogen and oxygen atoms in total. The van der Waals surface area contributed by atoms with Crippen molar-refractivity contribution in [3.05, 3.63) is 60.2 Å². The number of fused-ring (bicyclic) bond motifs is 1. The third kappa shape index (κ3) is 3.82. The first-order valence-electron chi connectivity index (χ1n) is 7.59. The molecule has 0 saturated carbocycles. The van der Waals surface area contributed by atoms with Gasteiger partial charge in [0, 0.05) is 22.0 Å². The van der Waals surface area contributed by atoms with Crippen LogP contribution in [0.15, 0.2) is 64.4 Å². The number of aromatic hydroxyl groups is 1. The van der Waals surface area contributed by atoms with Gasteiger partial charge in [-0.2, -0.15) is 16.8 Å². The molecule has 0 heterocycles. The third-order valence-corrected chi connectivity index (χ3v) is 5.66. The van der Waals surface area contributed by atoms with Crippen LogP contribution in [0.5, 0.6) is 5.75 Å². The van der Waals surface area contributed by atoms with Gasteiger partial charge in [0.05, 0.1) is 0 Å². The summed E-state index contributed by atoms with van der Waals surface area (Å²) in [6.07, 6.45) is 0. The van der Waals surface area contributed by atoms with Crippen molar-refractivity contribution in [3.63, 3.8) is 0 Å². The maximum absolute atomic E-state index is 12.3. The van der Waals surface area contributed by atoms with Crippen LogP contribution in [0.4, 0.5) is 5.69 Å². The molecule has 0 spiro atoms. The third-order valence-electron chi connectivity index (χ3n) is 3.87. The number of rotatable bonds is 4. The first-order valence-corrected chi connectivity index (χ1v) is 10.5. The monoisotopic (exact) mass is 423 g/mol. The summed E-state index contributed by atoms with van der Waals surface area (Å²) in [6.45, 7) is 0. The number of phenols is 1. The number of carbonyl (C=O) groups is 1. The minimum atomic E-state index is -4.92. The highest BCUT2D eigenvalue weighted by Gasteiger charge is 2.24. The molecular weight excluding hydrogens is 410 g/mol. The molecule has 0 aliphatic carbocycles. The quantitative estimate of drug-likeness (QED) is 0.465. The molecule has 0 bridgehead atoms. The van der Waals surface area contributed by atoms with Gasteiger partial charge in [-0.3, -0.25) is 13.9 Å². The van der Waals surface area contributed by atoms with E-state index in [9.17, 15) is 35.8 Å². The van der Waals surface area contributed by atoms with E-state index in [4.69, 9.17) is 0 Å². The fourth-order valence-corrected chi connectivity index (χ4v) is 4.12. The Hall–Kier alpha value is -2.99. The number of hydrogen-bond acceptors (Lipinski definition) is 6. The number of amides is 1. The molecule has 0 aliphatic rings. The van der Waals surface area contributed by atoms with Gasteiger partial charge < -0.3 is 10.4 Å². The van der Waals surface area contributed by atoms with Crippen LogP contribution in [-0.4, -0.2) is 37.0 Å². The van der Waals surface area contributed by atoms with Gasteiger partial charge in [-0.25, -0.2) is 0 Å². The maximum Gasteiger partial charge on any atom is 0.295 e. The fourth-order valence-electron chi connectivity index (χ4n) is 2.70. The van der Waals surface area contributed by atoms with Gasteiger partial charge >= 0.3 is 0 Å². The topological polar surface area (TPSA) is 158 Å². The van der Waals surface area contributed by atoms with Gasteiger partial charge in [0.1, 0.15) is 15.5 Å². The van der Waals surface area contributed by atoms with Gasteiger partial charge in [-0.15, -0.1) is 0 Å². The second-order valence-corrected chi connectivity index (χ2v) is 8.53. The minimum absolute atomic E-state index is 0.176. The number of hydrogen-bond donors (Lipinski definition) is 4. The lowest BCUT2D eigenvalue weighted by atomic mass is 10.1. The van der Waals surface area contributed by atoms with E-state index in [1.54, 1.807) is 18.2 Å². The first-order chi connectivity index (χ1) is 13.0. The number of anilines is 1. The predicted molar refractivity (Wildman–Crippen MR) is 99.6 cm³/mol. The van der Waals surface area contributed by atoms with Gasteiger partial charge in [0.15, 0.2) is 0 Å². The lowest BCUT2D eigenvalue weighted by Gasteiger charge is -2.13. The van der Waals surface area contributed by atoms with Crippen molar-refractivity contribution in [2.75, 3.05) is 5.32 Å². The van der Waals surface area contributed by atoms with Gasteiger partial charge in [-0.05, 0) is 36.4 Å². The van der Waals surface area contributed by atoms with E-state index in [2.05, 4.69) is 5.32 Å². The molecule has 0 aromatic heterocycles. The molecular formula is C17H13NO8S2. The van der Waals surface area contributed by atoms with Crippen molar-refractivity contribution in [1.29, 1.82) is 0 Å². The number of phenolic OH excluding ortho intramolecular Hbond substituents is 1. The number of carbonyl (C=O) groups excluding carboxylic acids is 1. The first kappa shape index (κ1) is 19.8. The molecule has 0 aliphatic heterocycles. The minimum Gasteiger partial charge on any atom is -0.507 e. The molecule has 0 fully saturated rings. The van der Waals surface area contributed by atoms with E-state index < -0.39 is 52.5 Å². The highest BCUT2D eigenvalue weighted by Crippen LogP contribution is 2.37. The summed E-state index contributed by atoms with van der Waals surface area (Å²) in [6, 6.07) is 11.5. The van der Waals surface area contributed by atoms with Crippen molar-refractivity contribution in [1.82, 2.24) is 0 Å². The molecule has 1 amide bonds. The molecule has 28 heavy (non-hydrogen) atoms. The maximum atomic E-state index is 12.3. The second-order valence-electron chi connectivity index (χ2n) is 5.75. The van der Waals surface area contributed by atoms with Crippen LogP contribution in [0.1, 0.15) is 10.4 Å². The van der Waals surface area contributed by atoms with E-state index in [-0.39, 0.29) is 11.3 Å². The summed E-state index contributed by atoms with van der Waals surface area (Å²) in [5.74, 6) is -1.27. The summed E-state index contributed by atoms with van der Waals surface area (Å²) >= 11 is 0. The zero-order valence-electron chi connectivity index (χ0n) is 13.9. The Bertz CT molecular complexity index is 1300. The Labute approximate surface area is 159 Å². The van der Waals surface area contributed by atoms with Crippen molar-refractivity contribution in [2.24, 2.45) is 0 Å². The van der Waals surface area contributed by atoms with E-state index in [0.717, 1.165) is 24.3 Å². The molecule has 11 heteroatoms. The van der Waals surface area contributed by atoms with E-state index in [1.807, 2.05) is 0 Å². The molecule has 3 aromatic rings. The van der Waals surface area contributed by atoms with Crippen LogP contribution < -0.4 is 5.32 Å². The standard InChI is InChI=1S/C17H13NO8S2/c19-13-6-7-14(27(21,22)23)12-8-11(9-15(16(12)13)28(24,25)26)18-17(20)10-4-2-1-3-5-10/h1-9,19H,(H,18,20)(H,21,22,23)(H,24,25,26). The lowest BCUT2D eigenvalue weighted by Crippen LogP contribution is -2.13. The van der Waals surface area contributed by atoms with Gasteiger partial charge in [-0.1, -0.05) is 18.2 Å². The zero-order valence-corrected chi connectivity index (χ0v) is 15.5. The SMILES string of the molecule is O=C(Nc1cc(S(=O)(=O)O)c2c(O)ccc(S(=O)(=O)O)c2c1)c1ccccc1. The number of nitrogens with one attached hydrogen (secondary N) is 1. The molecule has 0 saturated heterocycles. The molecule has 0 radical (unpaired) electrons. The largest absolute Gasteiger partial charge is 0.507 e. The molecule has 146 valence electrons. The molecule has 3 rings (SSSR count). The lowest BCUT2D eigenvalue weighted by molar-refractivity contribution is 0.102. The van der Waals surface area contributed by atoms with Crippen LogP contribution in [0.2, 0.25) is 0 Å². The zero-order chi connectivity index (χ0) is 20.7. The van der Waals surface area contributed by atoms with Gasteiger partial charge in [0.2, 0.25) is 0 Å². The van der Waals surface area contributed by atoms with E-state index >= 15 is 0 Å². The highest BCUT2D eigenvalue weighted by molar-refractivity contribution is 7.86. The van der Waals surface area contributed by atoms with Gasteiger partial charge in [0.25, 0.3) is 26.1 Å².